The zero-order valence-electron chi connectivity index (χ0n) is 11.9. The van der Waals surface area contributed by atoms with Crippen molar-refractivity contribution in [2.45, 2.75) is 52.0 Å². The molecule has 0 radical (unpaired) electrons. The molecule has 6 heteroatoms. The van der Waals surface area contributed by atoms with E-state index in [4.69, 9.17) is 5.73 Å². The van der Waals surface area contributed by atoms with Crippen LogP contribution in [0.25, 0.3) is 0 Å². The minimum absolute atomic E-state index is 0.0619. The third kappa shape index (κ3) is 2.63. The number of aromatic nitrogens is 2. The predicted octanol–water partition coefficient (Wildman–Crippen LogP) is 1.55. The number of rotatable bonds is 1. The summed E-state index contributed by atoms with van der Waals surface area (Å²) in [6.45, 7) is 7.63. The highest BCUT2D eigenvalue weighted by molar-refractivity contribution is 5.77. The predicted molar refractivity (Wildman–Crippen MR) is 70.1 cm³/mol. The first-order valence-electron chi connectivity index (χ1n) is 6.48. The summed E-state index contributed by atoms with van der Waals surface area (Å²) in [4.78, 5) is 13.8. The van der Waals surface area contributed by atoms with E-state index in [0.29, 0.717) is 11.4 Å². The highest BCUT2D eigenvalue weighted by Gasteiger charge is 2.34. The number of amides is 1. The summed E-state index contributed by atoms with van der Waals surface area (Å²) in [6.07, 6.45) is -1.23. The molecule has 0 aromatic carbocycles. The number of alkyl halides is 1. The molecular formula is C13H21FN4O. The van der Waals surface area contributed by atoms with Crippen LogP contribution >= 0.6 is 0 Å². The van der Waals surface area contributed by atoms with Crippen molar-refractivity contribution in [3.05, 3.63) is 17.5 Å². The van der Waals surface area contributed by atoms with E-state index >= 15 is 0 Å². The van der Waals surface area contributed by atoms with Gasteiger partial charge in [0.1, 0.15) is 6.54 Å². The molecule has 2 N–H and O–H groups in total. The molecule has 2 unspecified atom stereocenters. The van der Waals surface area contributed by atoms with Crippen LogP contribution in [0.3, 0.4) is 0 Å². The standard InChI is InChI=1S/C13H21FN4O/c1-8(15)10-5-11-9(14)6-17(13(2,3)4)12(19)7-18(11)16-10/h5,8-9H,6-7,15H2,1-4H3. The summed E-state index contributed by atoms with van der Waals surface area (Å²) >= 11 is 0. The Kier molecular flexibility index (Phi) is 3.38. The molecule has 0 fully saturated rings. The number of carbonyl (C=O) groups excluding carboxylic acids is 1. The van der Waals surface area contributed by atoms with Crippen molar-refractivity contribution < 1.29 is 9.18 Å². The Hall–Kier alpha value is -1.43. The molecule has 0 aliphatic carbocycles. The van der Waals surface area contributed by atoms with Crippen LogP contribution in [0.4, 0.5) is 4.39 Å². The average Bonchev–Trinajstić information content (AvgIpc) is 2.63. The van der Waals surface area contributed by atoms with E-state index < -0.39 is 11.7 Å². The molecule has 0 spiro atoms. The summed E-state index contributed by atoms with van der Waals surface area (Å²) in [5.74, 6) is -0.117. The van der Waals surface area contributed by atoms with Gasteiger partial charge in [-0.3, -0.25) is 9.48 Å². The van der Waals surface area contributed by atoms with Gasteiger partial charge in [-0.25, -0.2) is 4.39 Å². The molecule has 0 saturated carbocycles. The van der Waals surface area contributed by atoms with Gasteiger partial charge < -0.3 is 10.6 Å². The number of hydrogen-bond donors (Lipinski definition) is 1. The van der Waals surface area contributed by atoms with Crippen LogP contribution in [0.2, 0.25) is 0 Å². The van der Waals surface area contributed by atoms with Gasteiger partial charge >= 0.3 is 0 Å². The molecule has 1 aliphatic rings. The van der Waals surface area contributed by atoms with Crippen LogP contribution in [0.1, 0.15) is 51.3 Å². The summed E-state index contributed by atoms with van der Waals surface area (Å²) in [7, 11) is 0. The Morgan fingerprint density at radius 2 is 2.16 bits per heavy atom. The lowest BCUT2D eigenvalue weighted by Gasteiger charge is -2.35. The monoisotopic (exact) mass is 268 g/mol. The van der Waals surface area contributed by atoms with Crippen molar-refractivity contribution in [3.8, 4) is 0 Å². The van der Waals surface area contributed by atoms with Crippen molar-refractivity contribution in [2.24, 2.45) is 5.73 Å². The molecular weight excluding hydrogens is 247 g/mol. The summed E-state index contributed by atoms with van der Waals surface area (Å²) in [6, 6.07) is 1.40. The molecule has 0 bridgehead atoms. The molecule has 2 rings (SSSR count). The highest BCUT2D eigenvalue weighted by atomic mass is 19.1. The lowest BCUT2D eigenvalue weighted by Crippen LogP contribution is -2.47. The number of halogens is 1. The zero-order valence-corrected chi connectivity index (χ0v) is 11.9. The average molecular weight is 268 g/mol. The van der Waals surface area contributed by atoms with Crippen molar-refractivity contribution in [1.29, 1.82) is 0 Å². The van der Waals surface area contributed by atoms with E-state index in [9.17, 15) is 9.18 Å². The maximum absolute atomic E-state index is 14.4. The number of fused-ring (bicyclic) bond motifs is 1. The second kappa shape index (κ2) is 4.59. The molecule has 2 atom stereocenters. The second-order valence-corrected chi connectivity index (χ2v) is 6.08. The first kappa shape index (κ1) is 14.0. The van der Waals surface area contributed by atoms with Crippen LogP contribution in [-0.4, -0.2) is 32.7 Å². The van der Waals surface area contributed by atoms with Crippen LogP contribution in [0.5, 0.6) is 0 Å². The lowest BCUT2D eigenvalue weighted by atomic mass is 10.1. The van der Waals surface area contributed by atoms with E-state index in [2.05, 4.69) is 5.10 Å². The van der Waals surface area contributed by atoms with Crippen molar-refractivity contribution >= 4 is 5.91 Å². The van der Waals surface area contributed by atoms with E-state index in [1.807, 2.05) is 20.8 Å². The summed E-state index contributed by atoms with van der Waals surface area (Å²) < 4.78 is 15.8. The number of hydrogen-bond acceptors (Lipinski definition) is 3. The minimum Gasteiger partial charge on any atom is -0.333 e. The number of nitrogens with zero attached hydrogens (tertiary/aromatic N) is 3. The Morgan fingerprint density at radius 1 is 1.53 bits per heavy atom. The quantitative estimate of drug-likeness (QED) is 0.840. The van der Waals surface area contributed by atoms with E-state index in [0.717, 1.165) is 0 Å². The van der Waals surface area contributed by atoms with Gasteiger partial charge in [0, 0.05) is 11.6 Å². The number of carbonyl (C=O) groups is 1. The fourth-order valence-electron chi connectivity index (χ4n) is 2.27. The van der Waals surface area contributed by atoms with Gasteiger partial charge in [0.15, 0.2) is 6.17 Å². The Bertz CT molecular complexity index is 489. The zero-order chi connectivity index (χ0) is 14.4. The minimum atomic E-state index is -1.23. The molecule has 106 valence electrons. The highest BCUT2D eigenvalue weighted by Crippen LogP contribution is 2.28. The molecule has 1 aromatic heterocycles. The largest absolute Gasteiger partial charge is 0.333 e. The summed E-state index contributed by atoms with van der Waals surface area (Å²) in [5.41, 5.74) is 6.41. The molecule has 1 aliphatic heterocycles. The van der Waals surface area contributed by atoms with Gasteiger partial charge in [0.2, 0.25) is 5.91 Å². The van der Waals surface area contributed by atoms with E-state index in [-0.39, 0.29) is 25.0 Å². The third-order valence-electron chi connectivity index (χ3n) is 3.36. The second-order valence-electron chi connectivity index (χ2n) is 6.08. The molecule has 0 saturated heterocycles. The lowest BCUT2D eigenvalue weighted by molar-refractivity contribution is -0.137. The van der Waals surface area contributed by atoms with Gasteiger partial charge in [-0.1, -0.05) is 0 Å². The topological polar surface area (TPSA) is 64.2 Å². The first-order chi connectivity index (χ1) is 8.70. The Labute approximate surface area is 112 Å². The maximum atomic E-state index is 14.4. The molecule has 5 nitrogen and oxygen atoms in total. The fourth-order valence-corrected chi connectivity index (χ4v) is 2.27. The molecule has 1 aromatic rings. The van der Waals surface area contributed by atoms with Crippen molar-refractivity contribution in [2.75, 3.05) is 6.54 Å². The normalized spacial score (nSPS) is 22.1. The smallest absolute Gasteiger partial charge is 0.244 e. The summed E-state index contributed by atoms with van der Waals surface area (Å²) in [5, 5.41) is 4.23. The van der Waals surface area contributed by atoms with Gasteiger partial charge in [-0.15, -0.1) is 0 Å². The van der Waals surface area contributed by atoms with Crippen LogP contribution in [0, 0.1) is 0 Å². The third-order valence-corrected chi connectivity index (χ3v) is 3.36. The molecule has 2 heterocycles. The SMILES string of the molecule is CC(N)c1cc2n(n1)CC(=O)N(C(C)(C)C)CC2F. The Balaban J connectivity index is 2.35. The van der Waals surface area contributed by atoms with Crippen molar-refractivity contribution in [1.82, 2.24) is 14.7 Å². The van der Waals surface area contributed by atoms with E-state index in [1.54, 1.807) is 17.9 Å². The van der Waals surface area contributed by atoms with Crippen molar-refractivity contribution in [3.63, 3.8) is 0 Å². The van der Waals surface area contributed by atoms with Crippen LogP contribution in [-0.2, 0) is 11.3 Å². The molecule has 19 heavy (non-hydrogen) atoms. The van der Waals surface area contributed by atoms with E-state index in [1.165, 1.54) is 4.68 Å². The van der Waals surface area contributed by atoms with Gasteiger partial charge in [-0.05, 0) is 33.8 Å². The van der Waals surface area contributed by atoms with Gasteiger partial charge in [0.05, 0.1) is 17.9 Å². The number of nitrogens with two attached hydrogens (primary N) is 1. The molecule has 1 amide bonds. The maximum Gasteiger partial charge on any atom is 0.244 e. The van der Waals surface area contributed by atoms with Gasteiger partial charge in [0.25, 0.3) is 0 Å². The fraction of sp³-hybridized carbons (Fsp3) is 0.692. The first-order valence-corrected chi connectivity index (χ1v) is 6.48. The van der Waals surface area contributed by atoms with Crippen LogP contribution in [0.15, 0.2) is 6.07 Å². The van der Waals surface area contributed by atoms with Crippen LogP contribution < -0.4 is 5.73 Å². The Morgan fingerprint density at radius 3 is 2.68 bits per heavy atom. The van der Waals surface area contributed by atoms with Gasteiger partial charge in [-0.2, -0.15) is 5.10 Å².